The van der Waals surface area contributed by atoms with E-state index in [1.54, 1.807) is 0 Å². The number of nitrogens with one attached hydrogen (secondary N) is 1. The summed E-state index contributed by atoms with van der Waals surface area (Å²) in [6.45, 7) is 10.6. The van der Waals surface area contributed by atoms with Crippen LogP contribution in [0.2, 0.25) is 0 Å². The Morgan fingerprint density at radius 2 is 1.93 bits per heavy atom. The summed E-state index contributed by atoms with van der Waals surface area (Å²) in [4.78, 5) is 7.64. The molecule has 0 aliphatic rings. The van der Waals surface area contributed by atoms with Crippen LogP contribution in [0, 0.1) is 19.3 Å². The van der Waals surface area contributed by atoms with Crippen LogP contribution < -0.4 is 5.73 Å². The Morgan fingerprint density at radius 1 is 1.36 bits per heavy atom. The summed E-state index contributed by atoms with van der Waals surface area (Å²) in [5, 5.41) is 0. The maximum Gasteiger partial charge on any atom is 0.123 e. The summed E-state index contributed by atoms with van der Waals surface area (Å²) in [5.74, 6) is 0.912. The first-order chi connectivity index (χ1) is 6.29. The van der Waals surface area contributed by atoms with Crippen molar-refractivity contribution in [2.45, 2.75) is 47.1 Å². The fourth-order valence-electron chi connectivity index (χ4n) is 1.51. The van der Waals surface area contributed by atoms with Gasteiger partial charge in [0.1, 0.15) is 5.82 Å². The van der Waals surface area contributed by atoms with Crippen LogP contribution in [0.15, 0.2) is 0 Å². The van der Waals surface area contributed by atoms with Crippen LogP contribution in [0.4, 0.5) is 0 Å². The molecule has 0 saturated heterocycles. The van der Waals surface area contributed by atoms with Gasteiger partial charge in [0.05, 0.1) is 11.7 Å². The highest BCUT2D eigenvalue weighted by Gasteiger charge is 2.19. The van der Waals surface area contributed by atoms with Gasteiger partial charge in [-0.1, -0.05) is 20.8 Å². The number of hydrogen-bond acceptors (Lipinski definition) is 2. The molecule has 0 aliphatic heterocycles. The summed E-state index contributed by atoms with van der Waals surface area (Å²) in [6, 6.07) is 0.0161. The molecule has 1 atom stereocenters. The molecule has 1 aromatic rings. The van der Waals surface area contributed by atoms with Crippen LogP contribution in [0.5, 0.6) is 0 Å². The van der Waals surface area contributed by atoms with Gasteiger partial charge in [0.2, 0.25) is 0 Å². The highest BCUT2D eigenvalue weighted by molar-refractivity contribution is 5.12. The average molecular weight is 195 g/mol. The van der Waals surface area contributed by atoms with Gasteiger partial charge in [-0.15, -0.1) is 0 Å². The Kier molecular flexibility index (Phi) is 3.00. The van der Waals surface area contributed by atoms with Crippen molar-refractivity contribution in [2.75, 3.05) is 0 Å². The largest absolute Gasteiger partial charge is 0.345 e. The van der Waals surface area contributed by atoms with Crippen molar-refractivity contribution in [1.29, 1.82) is 0 Å². The molecule has 0 aliphatic carbocycles. The summed E-state index contributed by atoms with van der Waals surface area (Å²) >= 11 is 0. The molecule has 80 valence electrons. The fourth-order valence-corrected chi connectivity index (χ4v) is 1.51. The van der Waals surface area contributed by atoms with Crippen molar-refractivity contribution < 1.29 is 0 Å². The van der Waals surface area contributed by atoms with E-state index in [0.717, 1.165) is 23.6 Å². The van der Waals surface area contributed by atoms with Gasteiger partial charge in [-0.05, 0) is 25.7 Å². The number of nitrogens with two attached hydrogens (primary N) is 1. The Balaban J connectivity index is 2.75. The molecular formula is C11H21N3. The standard InChI is InChI=1S/C11H21N3/c1-7-8(2)14-10(13-7)9(12)6-11(3,4)5/h9H,6,12H2,1-5H3,(H,13,14). The Labute approximate surface area is 86.1 Å². The molecule has 0 aromatic carbocycles. The lowest BCUT2D eigenvalue weighted by Crippen LogP contribution is -2.19. The van der Waals surface area contributed by atoms with E-state index in [-0.39, 0.29) is 11.5 Å². The third-order valence-electron chi connectivity index (χ3n) is 2.33. The molecule has 0 spiro atoms. The normalized spacial score (nSPS) is 14.4. The minimum Gasteiger partial charge on any atom is -0.345 e. The van der Waals surface area contributed by atoms with Gasteiger partial charge in [-0.3, -0.25) is 0 Å². The van der Waals surface area contributed by atoms with E-state index in [9.17, 15) is 0 Å². The number of aromatic amines is 1. The van der Waals surface area contributed by atoms with Gasteiger partial charge in [-0.2, -0.15) is 0 Å². The topological polar surface area (TPSA) is 54.7 Å². The zero-order valence-corrected chi connectivity index (χ0v) is 9.81. The average Bonchev–Trinajstić information content (AvgIpc) is 2.28. The smallest absolute Gasteiger partial charge is 0.123 e. The van der Waals surface area contributed by atoms with Gasteiger partial charge in [0.25, 0.3) is 0 Å². The highest BCUT2D eigenvalue weighted by atomic mass is 15.0. The second-order valence-electron chi connectivity index (χ2n) is 5.20. The molecule has 1 unspecified atom stereocenters. The molecule has 14 heavy (non-hydrogen) atoms. The number of aromatic nitrogens is 2. The number of hydrogen-bond donors (Lipinski definition) is 2. The monoisotopic (exact) mass is 195 g/mol. The Bertz CT molecular complexity index is 287. The molecule has 0 fully saturated rings. The van der Waals surface area contributed by atoms with Crippen LogP contribution in [-0.2, 0) is 0 Å². The summed E-state index contributed by atoms with van der Waals surface area (Å²) in [5.41, 5.74) is 8.47. The molecule has 0 saturated carbocycles. The van der Waals surface area contributed by atoms with Crippen LogP contribution in [0.3, 0.4) is 0 Å². The lowest BCUT2D eigenvalue weighted by molar-refractivity contribution is 0.337. The number of rotatable bonds is 2. The van der Waals surface area contributed by atoms with Crippen molar-refractivity contribution in [3.8, 4) is 0 Å². The zero-order chi connectivity index (χ0) is 10.9. The number of H-pyrrole nitrogens is 1. The van der Waals surface area contributed by atoms with Gasteiger partial charge in [0, 0.05) is 5.69 Å². The molecule has 1 rings (SSSR count). The van der Waals surface area contributed by atoms with Crippen molar-refractivity contribution in [2.24, 2.45) is 11.1 Å². The van der Waals surface area contributed by atoms with Gasteiger partial charge >= 0.3 is 0 Å². The molecular weight excluding hydrogens is 174 g/mol. The van der Waals surface area contributed by atoms with Gasteiger partial charge in [-0.25, -0.2) is 4.98 Å². The number of nitrogens with zero attached hydrogens (tertiary/aromatic N) is 1. The van der Waals surface area contributed by atoms with Crippen LogP contribution >= 0.6 is 0 Å². The molecule has 1 heterocycles. The van der Waals surface area contributed by atoms with E-state index in [0.29, 0.717) is 0 Å². The van der Waals surface area contributed by atoms with Gasteiger partial charge < -0.3 is 10.7 Å². The van der Waals surface area contributed by atoms with E-state index in [4.69, 9.17) is 5.73 Å². The van der Waals surface area contributed by atoms with E-state index >= 15 is 0 Å². The maximum absolute atomic E-state index is 6.07. The Hall–Kier alpha value is -0.830. The minimum absolute atomic E-state index is 0.0161. The first-order valence-electron chi connectivity index (χ1n) is 5.08. The molecule has 3 heteroatoms. The zero-order valence-electron chi connectivity index (χ0n) is 9.81. The van der Waals surface area contributed by atoms with Crippen LogP contribution in [0.25, 0.3) is 0 Å². The van der Waals surface area contributed by atoms with Crippen LogP contribution in [0.1, 0.15) is 50.4 Å². The second kappa shape index (κ2) is 3.73. The molecule has 3 nitrogen and oxygen atoms in total. The van der Waals surface area contributed by atoms with Crippen LogP contribution in [-0.4, -0.2) is 9.97 Å². The number of aryl methyl sites for hydroxylation is 2. The van der Waals surface area contributed by atoms with Crippen molar-refractivity contribution in [3.05, 3.63) is 17.2 Å². The minimum atomic E-state index is 0.0161. The van der Waals surface area contributed by atoms with E-state index in [1.165, 1.54) is 0 Å². The highest BCUT2D eigenvalue weighted by Crippen LogP contribution is 2.26. The molecule has 0 amide bonds. The lowest BCUT2D eigenvalue weighted by atomic mass is 9.88. The molecule has 0 bridgehead atoms. The first kappa shape index (κ1) is 11.2. The number of imidazole rings is 1. The van der Waals surface area contributed by atoms with Crippen molar-refractivity contribution >= 4 is 0 Å². The van der Waals surface area contributed by atoms with Crippen molar-refractivity contribution in [1.82, 2.24) is 9.97 Å². The summed E-state index contributed by atoms with van der Waals surface area (Å²) in [6.07, 6.45) is 0.944. The predicted molar refractivity (Wildman–Crippen MR) is 59.1 cm³/mol. The summed E-state index contributed by atoms with van der Waals surface area (Å²) < 4.78 is 0. The third kappa shape index (κ3) is 2.84. The van der Waals surface area contributed by atoms with E-state index < -0.39 is 0 Å². The second-order valence-corrected chi connectivity index (χ2v) is 5.20. The molecule has 0 radical (unpaired) electrons. The van der Waals surface area contributed by atoms with E-state index in [2.05, 4.69) is 30.7 Å². The quantitative estimate of drug-likeness (QED) is 0.761. The van der Waals surface area contributed by atoms with Gasteiger partial charge in [0.15, 0.2) is 0 Å². The molecule has 1 aromatic heterocycles. The fraction of sp³-hybridized carbons (Fsp3) is 0.727. The first-order valence-corrected chi connectivity index (χ1v) is 5.08. The SMILES string of the molecule is Cc1nc(C(N)CC(C)(C)C)[nH]c1C. The maximum atomic E-state index is 6.07. The Morgan fingerprint density at radius 3 is 2.29 bits per heavy atom. The van der Waals surface area contributed by atoms with E-state index in [1.807, 2.05) is 13.8 Å². The third-order valence-corrected chi connectivity index (χ3v) is 2.33. The predicted octanol–water partition coefficient (Wildman–Crippen LogP) is 2.46. The van der Waals surface area contributed by atoms with Crippen molar-refractivity contribution in [3.63, 3.8) is 0 Å². The lowest BCUT2D eigenvalue weighted by Gasteiger charge is -2.21. The molecule has 3 N–H and O–H groups in total. The summed E-state index contributed by atoms with van der Waals surface area (Å²) in [7, 11) is 0.